The lowest BCUT2D eigenvalue weighted by Gasteiger charge is -2.26. The van der Waals surface area contributed by atoms with Crippen LogP contribution in [-0.2, 0) is 5.54 Å². The van der Waals surface area contributed by atoms with Gasteiger partial charge < -0.3 is 5.32 Å². The molecule has 0 radical (unpaired) electrons. The van der Waals surface area contributed by atoms with Gasteiger partial charge in [0.05, 0.1) is 5.54 Å². The number of hydrogen-bond donors (Lipinski definition) is 1. The highest BCUT2D eigenvalue weighted by molar-refractivity contribution is 5.94. The number of carbonyl (C=O) groups excluding carboxylic acids is 1. The largest absolute Gasteiger partial charge is 0.343 e. The Morgan fingerprint density at radius 3 is 2.55 bits per heavy atom. The third kappa shape index (κ3) is 2.99. The molecule has 0 unspecified atom stereocenters. The van der Waals surface area contributed by atoms with Gasteiger partial charge in [0.2, 0.25) is 0 Å². The van der Waals surface area contributed by atoms with Crippen LogP contribution in [0.4, 0.5) is 8.78 Å². The molecule has 20 heavy (non-hydrogen) atoms. The lowest BCUT2D eigenvalue weighted by Crippen LogP contribution is -2.41. The zero-order valence-electron chi connectivity index (χ0n) is 11.2. The Hall–Kier alpha value is -2.30. The number of amides is 1. The van der Waals surface area contributed by atoms with E-state index < -0.39 is 23.1 Å². The van der Waals surface area contributed by atoms with E-state index in [1.807, 2.05) is 19.9 Å². The van der Waals surface area contributed by atoms with Crippen molar-refractivity contribution >= 4 is 5.91 Å². The van der Waals surface area contributed by atoms with Crippen LogP contribution in [0.3, 0.4) is 0 Å². The Bertz CT molecular complexity index is 627. The minimum Gasteiger partial charge on any atom is -0.343 e. The Labute approximate surface area is 115 Å². The molecular weight excluding hydrogens is 262 g/mol. The summed E-state index contributed by atoms with van der Waals surface area (Å²) in [6.45, 7) is 3.61. The molecule has 5 heteroatoms. The van der Waals surface area contributed by atoms with Gasteiger partial charge in [0.15, 0.2) is 11.6 Å². The van der Waals surface area contributed by atoms with Gasteiger partial charge in [0.1, 0.15) is 0 Å². The van der Waals surface area contributed by atoms with Crippen molar-refractivity contribution in [3.05, 3.63) is 65.5 Å². The first-order valence-corrected chi connectivity index (χ1v) is 6.08. The van der Waals surface area contributed by atoms with Crippen molar-refractivity contribution in [1.82, 2.24) is 10.3 Å². The number of hydrogen-bond acceptors (Lipinski definition) is 2. The van der Waals surface area contributed by atoms with E-state index in [4.69, 9.17) is 0 Å². The van der Waals surface area contributed by atoms with E-state index in [9.17, 15) is 13.6 Å². The average Bonchev–Trinajstić information content (AvgIpc) is 2.42. The summed E-state index contributed by atoms with van der Waals surface area (Å²) in [4.78, 5) is 16.1. The van der Waals surface area contributed by atoms with Crippen molar-refractivity contribution in [2.24, 2.45) is 0 Å². The summed E-state index contributed by atoms with van der Waals surface area (Å²) in [5, 5.41) is 2.77. The Kier molecular flexibility index (Phi) is 3.79. The fraction of sp³-hybridized carbons (Fsp3) is 0.200. The molecule has 0 spiro atoms. The second kappa shape index (κ2) is 5.36. The molecule has 1 aromatic carbocycles. The van der Waals surface area contributed by atoms with Gasteiger partial charge in [-0.25, -0.2) is 8.78 Å². The topological polar surface area (TPSA) is 42.0 Å². The number of rotatable bonds is 3. The monoisotopic (exact) mass is 276 g/mol. The predicted molar refractivity (Wildman–Crippen MR) is 71.1 cm³/mol. The highest BCUT2D eigenvalue weighted by Gasteiger charge is 2.24. The van der Waals surface area contributed by atoms with E-state index in [-0.39, 0.29) is 5.56 Å². The van der Waals surface area contributed by atoms with Gasteiger partial charge >= 0.3 is 0 Å². The molecule has 0 atom stereocenters. The highest BCUT2D eigenvalue weighted by Crippen LogP contribution is 2.19. The van der Waals surface area contributed by atoms with Crippen LogP contribution >= 0.6 is 0 Å². The molecule has 2 rings (SSSR count). The molecule has 1 heterocycles. The third-order valence-electron chi connectivity index (χ3n) is 2.99. The third-order valence-corrected chi connectivity index (χ3v) is 2.99. The molecule has 1 N–H and O–H groups in total. The minimum absolute atomic E-state index is 0.0702. The number of aromatic nitrogens is 1. The van der Waals surface area contributed by atoms with Crippen LogP contribution in [0.2, 0.25) is 0 Å². The summed E-state index contributed by atoms with van der Waals surface area (Å²) in [6.07, 6.45) is 3.28. The fourth-order valence-corrected chi connectivity index (χ4v) is 1.80. The number of halogens is 2. The Morgan fingerprint density at radius 1 is 1.20 bits per heavy atom. The molecule has 0 fully saturated rings. The molecule has 1 amide bonds. The zero-order chi connectivity index (χ0) is 14.8. The summed E-state index contributed by atoms with van der Waals surface area (Å²) in [5.74, 6) is -2.50. The summed E-state index contributed by atoms with van der Waals surface area (Å²) >= 11 is 0. The standard InChI is InChI=1S/C15H14F2N2O/c1-15(2,11-4-3-7-18-9-11)19-14(20)10-5-6-12(16)13(17)8-10/h3-9H,1-2H3,(H,19,20). The van der Waals surface area contributed by atoms with Crippen molar-refractivity contribution in [3.63, 3.8) is 0 Å². The SMILES string of the molecule is CC(C)(NC(=O)c1ccc(F)c(F)c1)c1cccnc1. The van der Waals surface area contributed by atoms with Crippen LogP contribution in [0, 0.1) is 11.6 Å². The summed E-state index contributed by atoms with van der Waals surface area (Å²) in [6, 6.07) is 6.65. The molecule has 1 aromatic heterocycles. The highest BCUT2D eigenvalue weighted by atomic mass is 19.2. The molecule has 104 valence electrons. The molecule has 0 saturated carbocycles. The maximum Gasteiger partial charge on any atom is 0.252 e. The summed E-state index contributed by atoms with van der Waals surface area (Å²) < 4.78 is 26.0. The molecular formula is C15H14F2N2O. The maximum atomic E-state index is 13.1. The van der Waals surface area contributed by atoms with Crippen LogP contribution in [0.15, 0.2) is 42.7 Å². The fourth-order valence-electron chi connectivity index (χ4n) is 1.80. The van der Waals surface area contributed by atoms with Gasteiger partial charge in [-0.2, -0.15) is 0 Å². The van der Waals surface area contributed by atoms with Crippen LogP contribution < -0.4 is 5.32 Å². The molecule has 0 aliphatic rings. The lowest BCUT2D eigenvalue weighted by atomic mass is 9.95. The quantitative estimate of drug-likeness (QED) is 0.936. The molecule has 3 nitrogen and oxygen atoms in total. The molecule has 0 bridgehead atoms. The average molecular weight is 276 g/mol. The smallest absolute Gasteiger partial charge is 0.252 e. The predicted octanol–water partition coefficient (Wildman–Crippen LogP) is 3.02. The minimum atomic E-state index is -1.04. The summed E-state index contributed by atoms with van der Waals surface area (Å²) in [7, 11) is 0. The van der Waals surface area contributed by atoms with Crippen LogP contribution in [0.25, 0.3) is 0 Å². The lowest BCUT2D eigenvalue weighted by molar-refractivity contribution is 0.0911. The van der Waals surface area contributed by atoms with Crippen molar-refractivity contribution in [2.75, 3.05) is 0 Å². The normalized spacial score (nSPS) is 11.2. The van der Waals surface area contributed by atoms with E-state index in [1.165, 1.54) is 6.07 Å². The van der Waals surface area contributed by atoms with Gasteiger partial charge in [-0.3, -0.25) is 9.78 Å². The Morgan fingerprint density at radius 2 is 1.95 bits per heavy atom. The van der Waals surface area contributed by atoms with E-state index in [2.05, 4.69) is 10.3 Å². The van der Waals surface area contributed by atoms with Crippen molar-refractivity contribution < 1.29 is 13.6 Å². The van der Waals surface area contributed by atoms with Gasteiger partial charge in [-0.15, -0.1) is 0 Å². The van der Waals surface area contributed by atoms with Crippen LogP contribution in [-0.4, -0.2) is 10.9 Å². The number of carbonyl (C=O) groups is 1. The molecule has 0 aliphatic carbocycles. The first kappa shape index (κ1) is 14.1. The van der Waals surface area contributed by atoms with E-state index >= 15 is 0 Å². The molecule has 2 aromatic rings. The van der Waals surface area contributed by atoms with Crippen LogP contribution in [0.5, 0.6) is 0 Å². The number of benzene rings is 1. The van der Waals surface area contributed by atoms with Crippen molar-refractivity contribution in [3.8, 4) is 0 Å². The van der Waals surface area contributed by atoms with E-state index in [0.29, 0.717) is 0 Å². The second-order valence-electron chi connectivity index (χ2n) is 4.95. The Balaban J connectivity index is 2.20. The molecule has 0 saturated heterocycles. The van der Waals surface area contributed by atoms with Crippen molar-refractivity contribution in [2.45, 2.75) is 19.4 Å². The van der Waals surface area contributed by atoms with E-state index in [0.717, 1.165) is 17.7 Å². The number of pyridine rings is 1. The summed E-state index contributed by atoms with van der Waals surface area (Å²) in [5.41, 5.74) is 0.215. The van der Waals surface area contributed by atoms with Crippen molar-refractivity contribution in [1.29, 1.82) is 0 Å². The van der Waals surface area contributed by atoms with Gasteiger partial charge in [-0.1, -0.05) is 6.07 Å². The maximum absolute atomic E-state index is 13.1. The van der Waals surface area contributed by atoms with Gasteiger partial charge in [0, 0.05) is 18.0 Å². The zero-order valence-corrected chi connectivity index (χ0v) is 11.2. The first-order chi connectivity index (χ1) is 9.40. The molecule has 0 aliphatic heterocycles. The first-order valence-electron chi connectivity index (χ1n) is 6.08. The second-order valence-corrected chi connectivity index (χ2v) is 4.95. The van der Waals surface area contributed by atoms with Gasteiger partial charge in [-0.05, 0) is 43.7 Å². The van der Waals surface area contributed by atoms with Crippen LogP contribution in [0.1, 0.15) is 29.8 Å². The number of nitrogens with zero attached hydrogens (tertiary/aromatic N) is 1. The number of nitrogens with one attached hydrogen (secondary N) is 1. The van der Waals surface area contributed by atoms with E-state index in [1.54, 1.807) is 18.5 Å². The van der Waals surface area contributed by atoms with Gasteiger partial charge in [0.25, 0.3) is 5.91 Å².